The lowest BCUT2D eigenvalue weighted by atomic mass is 10.1. The predicted molar refractivity (Wildman–Crippen MR) is 95.4 cm³/mol. The zero-order chi connectivity index (χ0) is 17.5. The van der Waals surface area contributed by atoms with Gasteiger partial charge >= 0.3 is 5.97 Å². The van der Waals surface area contributed by atoms with Crippen LogP contribution in [0.3, 0.4) is 0 Å². The fraction of sp³-hybridized carbons (Fsp3) is 0.632. The van der Waals surface area contributed by atoms with Crippen LogP contribution in [-0.2, 0) is 11.3 Å². The van der Waals surface area contributed by atoms with Crippen LogP contribution in [0.1, 0.15) is 38.7 Å². The minimum Gasteiger partial charge on any atom is -0.491 e. The number of likely N-dealkylation sites (tertiary alicyclic amines) is 1. The molecular weight excluding hydrogens is 304 g/mol. The number of likely N-dealkylation sites (N-methyl/N-ethyl adjacent to an activating group) is 1. The lowest BCUT2D eigenvalue weighted by Crippen LogP contribution is -2.36. The highest BCUT2D eigenvalue weighted by Gasteiger charge is 2.21. The smallest absolute Gasteiger partial charge is 0.317 e. The van der Waals surface area contributed by atoms with Crippen molar-refractivity contribution in [3.63, 3.8) is 0 Å². The molecule has 1 atom stereocenters. The Morgan fingerprint density at radius 2 is 2.00 bits per heavy atom. The van der Waals surface area contributed by atoms with Gasteiger partial charge in [0.2, 0.25) is 0 Å². The van der Waals surface area contributed by atoms with Crippen LogP contribution >= 0.6 is 0 Å². The van der Waals surface area contributed by atoms with Crippen molar-refractivity contribution in [3.05, 3.63) is 29.8 Å². The van der Waals surface area contributed by atoms with Crippen molar-refractivity contribution in [1.29, 1.82) is 0 Å². The number of ether oxygens (including phenoxy) is 1. The van der Waals surface area contributed by atoms with E-state index >= 15 is 0 Å². The van der Waals surface area contributed by atoms with Gasteiger partial charge in [-0.3, -0.25) is 14.6 Å². The third kappa shape index (κ3) is 6.13. The lowest BCUT2D eigenvalue weighted by molar-refractivity contribution is -0.138. The molecule has 5 nitrogen and oxygen atoms in total. The molecule has 1 aromatic carbocycles. The lowest BCUT2D eigenvalue weighted by Gasteiger charge is -2.25. The number of hydrogen-bond donors (Lipinski definition) is 1. The Labute approximate surface area is 145 Å². The van der Waals surface area contributed by atoms with E-state index in [0.29, 0.717) is 6.04 Å². The quantitative estimate of drug-likeness (QED) is 0.831. The Morgan fingerprint density at radius 3 is 2.62 bits per heavy atom. The fourth-order valence-corrected chi connectivity index (χ4v) is 3.28. The van der Waals surface area contributed by atoms with Gasteiger partial charge in [-0.15, -0.1) is 0 Å². The second-order valence-electron chi connectivity index (χ2n) is 6.98. The molecule has 1 unspecified atom stereocenters. The summed E-state index contributed by atoms with van der Waals surface area (Å²) in [5.41, 5.74) is 1.29. The maximum atomic E-state index is 10.9. The van der Waals surface area contributed by atoms with Crippen LogP contribution < -0.4 is 4.74 Å². The van der Waals surface area contributed by atoms with Crippen molar-refractivity contribution < 1.29 is 14.6 Å². The molecule has 5 heteroatoms. The average Bonchev–Trinajstić information content (AvgIpc) is 2.74. The van der Waals surface area contributed by atoms with E-state index in [1.807, 2.05) is 37.9 Å². The number of benzene rings is 1. The molecule has 1 fully saturated rings. The molecule has 0 bridgehead atoms. The molecule has 0 radical (unpaired) electrons. The van der Waals surface area contributed by atoms with Gasteiger partial charge in [0.05, 0.1) is 12.6 Å². The van der Waals surface area contributed by atoms with Crippen LogP contribution in [0, 0.1) is 0 Å². The highest BCUT2D eigenvalue weighted by molar-refractivity contribution is 5.69. The van der Waals surface area contributed by atoms with E-state index in [1.165, 1.54) is 5.56 Å². The van der Waals surface area contributed by atoms with Gasteiger partial charge in [0, 0.05) is 12.6 Å². The molecule has 0 aromatic heterocycles. The van der Waals surface area contributed by atoms with Crippen molar-refractivity contribution in [2.75, 3.05) is 26.7 Å². The second kappa shape index (κ2) is 9.04. The summed E-state index contributed by atoms with van der Waals surface area (Å²) in [6.45, 7) is 7.21. The highest BCUT2D eigenvalue weighted by Crippen LogP contribution is 2.19. The van der Waals surface area contributed by atoms with Crippen LogP contribution in [0.5, 0.6) is 5.75 Å². The summed E-state index contributed by atoms with van der Waals surface area (Å²) >= 11 is 0. The summed E-state index contributed by atoms with van der Waals surface area (Å²) in [6.07, 6.45) is 3.41. The number of carbonyl (C=O) groups is 1. The molecule has 1 heterocycles. The summed E-state index contributed by atoms with van der Waals surface area (Å²) in [4.78, 5) is 15.3. The monoisotopic (exact) mass is 334 g/mol. The molecule has 1 aliphatic rings. The highest BCUT2D eigenvalue weighted by atomic mass is 16.5. The summed E-state index contributed by atoms with van der Waals surface area (Å²) in [5, 5.41) is 8.95. The predicted octanol–water partition coefficient (Wildman–Crippen LogP) is 2.84. The zero-order valence-electron chi connectivity index (χ0n) is 15.1. The van der Waals surface area contributed by atoms with Crippen LogP contribution in [0.2, 0.25) is 0 Å². The van der Waals surface area contributed by atoms with Crippen molar-refractivity contribution in [2.45, 2.75) is 51.8 Å². The van der Waals surface area contributed by atoms with Gasteiger partial charge in [-0.25, -0.2) is 0 Å². The molecular formula is C19H30N2O3. The maximum absolute atomic E-state index is 10.9. The Balaban J connectivity index is 1.84. The average molecular weight is 334 g/mol. The number of nitrogens with zero attached hydrogens (tertiary/aromatic N) is 2. The molecule has 1 N–H and O–H groups in total. The Morgan fingerprint density at radius 1 is 1.29 bits per heavy atom. The second-order valence-corrected chi connectivity index (χ2v) is 6.98. The molecule has 0 amide bonds. The van der Waals surface area contributed by atoms with E-state index in [0.717, 1.165) is 44.6 Å². The molecule has 1 saturated heterocycles. The summed E-state index contributed by atoms with van der Waals surface area (Å²) < 4.78 is 5.68. The number of hydrogen-bond acceptors (Lipinski definition) is 4. The van der Waals surface area contributed by atoms with Crippen molar-refractivity contribution in [2.24, 2.45) is 0 Å². The standard InChI is InChI=1S/C19H30N2O3/c1-15(2)24-18-8-6-16(7-9-18)13-21-11-4-5-17(10-12-21)20(3)14-19(22)23/h6-9,15,17H,4-5,10-14H2,1-3H3,(H,22,23). The van der Waals surface area contributed by atoms with Gasteiger partial charge < -0.3 is 9.84 Å². The van der Waals surface area contributed by atoms with E-state index in [-0.39, 0.29) is 12.6 Å². The molecule has 0 spiro atoms. The minimum atomic E-state index is -0.748. The Bertz CT molecular complexity index is 516. The maximum Gasteiger partial charge on any atom is 0.317 e. The summed E-state index contributed by atoms with van der Waals surface area (Å²) in [5.74, 6) is 0.169. The van der Waals surface area contributed by atoms with E-state index in [1.54, 1.807) is 0 Å². The first-order valence-corrected chi connectivity index (χ1v) is 8.84. The fourth-order valence-electron chi connectivity index (χ4n) is 3.28. The molecule has 1 aromatic rings. The van der Waals surface area contributed by atoms with Crippen LogP contribution in [0.25, 0.3) is 0 Å². The molecule has 0 saturated carbocycles. The largest absolute Gasteiger partial charge is 0.491 e. The number of carboxylic acid groups (broad SMARTS) is 1. The van der Waals surface area contributed by atoms with Gasteiger partial charge in [0.15, 0.2) is 0 Å². The van der Waals surface area contributed by atoms with Gasteiger partial charge in [0.1, 0.15) is 5.75 Å². The van der Waals surface area contributed by atoms with Crippen molar-refractivity contribution >= 4 is 5.97 Å². The van der Waals surface area contributed by atoms with Gasteiger partial charge in [-0.1, -0.05) is 12.1 Å². The number of aliphatic carboxylic acids is 1. The Hall–Kier alpha value is -1.59. The summed E-state index contributed by atoms with van der Waals surface area (Å²) in [7, 11) is 1.92. The SMILES string of the molecule is CC(C)Oc1ccc(CN2CCCC(N(C)CC(=O)O)CC2)cc1. The number of rotatable bonds is 7. The zero-order valence-corrected chi connectivity index (χ0v) is 15.1. The van der Waals surface area contributed by atoms with Crippen molar-refractivity contribution in [1.82, 2.24) is 9.80 Å². The first-order valence-electron chi connectivity index (χ1n) is 8.84. The van der Waals surface area contributed by atoms with E-state index in [2.05, 4.69) is 17.0 Å². The van der Waals surface area contributed by atoms with Gasteiger partial charge in [-0.05, 0) is 70.9 Å². The van der Waals surface area contributed by atoms with E-state index in [4.69, 9.17) is 9.84 Å². The topological polar surface area (TPSA) is 53.0 Å². The van der Waals surface area contributed by atoms with Crippen molar-refractivity contribution in [3.8, 4) is 5.75 Å². The van der Waals surface area contributed by atoms with E-state index in [9.17, 15) is 4.79 Å². The van der Waals surface area contributed by atoms with Crippen LogP contribution in [0.4, 0.5) is 0 Å². The van der Waals surface area contributed by atoms with Gasteiger partial charge in [0.25, 0.3) is 0 Å². The Kier molecular flexibility index (Phi) is 7.06. The molecule has 0 aliphatic carbocycles. The van der Waals surface area contributed by atoms with Gasteiger partial charge in [-0.2, -0.15) is 0 Å². The summed E-state index contributed by atoms with van der Waals surface area (Å²) in [6, 6.07) is 8.72. The molecule has 1 aliphatic heterocycles. The first-order chi connectivity index (χ1) is 11.4. The van der Waals surface area contributed by atoms with Crippen LogP contribution in [0.15, 0.2) is 24.3 Å². The molecule has 134 valence electrons. The normalized spacial score (nSPS) is 19.5. The minimum absolute atomic E-state index is 0.127. The first kappa shape index (κ1) is 18.7. The number of carboxylic acids is 1. The molecule has 24 heavy (non-hydrogen) atoms. The van der Waals surface area contributed by atoms with E-state index < -0.39 is 5.97 Å². The molecule has 2 rings (SSSR count). The third-order valence-electron chi connectivity index (χ3n) is 4.50. The van der Waals surface area contributed by atoms with Crippen LogP contribution in [-0.4, -0.2) is 59.7 Å². The third-order valence-corrected chi connectivity index (χ3v) is 4.50.